The predicted molar refractivity (Wildman–Crippen MR) is 122 cm³/mol. The van der Waals surface area contributed by atoms with E-state index in [2.05, 4.69) is 13.8 Å². The minimum absolute atomic E-state index is 0.186. The number of imidazole rings is 1. The number of rotatable bonds is 11. The molecule has 3 rings (SSSR count). The average molecular weight is 430 g/mol. The molecular formula is C23H31N3O3S. The molecule has 0 aliphatic rings. The van der Waals surface area contributed by atoms with Crippen molar-refractivity contribution in [2.75, 3.05) is 27.3 Å². The van der Waals surface area contributed by atoms with E-state index in [1.807, 2.05) is 39.1 Å². The number of nitrogens with zero attached hydrogens (tertiary/aromatic N) is 3. The first kappa shape index (κ1) is 22.2. The summed E-state index contributed by atoms with van der Waals surface area (Å²) in [4.78, 5) is 20.6. The van der Waals surface area contributed by atoms with Gasteiger partial charge in [0.2, 0.25) is 5.91 Å². The Balaban J connectivity index is 1.85. The van der Waals surface area contributed by atoms with Gasteiger partial charge in [-0.05, 0) is 31.0 Å². The Labute approximate surface area is 182 Å². The van der Waals surface area contributed by atoms with Crippen LogP contribution in [0.3, 0.4) is 0 Å². The second-order valence-electron chi connectivity index (χ2n) is 7.34. The van der Waals surface area contributed by atoms with Gasteiger partial charge in [0.15, 0.2) is 4.96 Å². The normalized spacial score (nSPS) is 11.1. The van der Waals surface area contributed by atoms with Crippen LogP contribution < -0.4 is 9.47 Å². The molecule has 0 unspecified atom stereocenters. The third kappa shape index (κ3) is 4.95. The fourth-order valence-corrected chi connectivity index (χ4v) is 4.30. The minimum atomic E-state index is 0.186. The van der Waals surface area contributed by atoms with Crippen LogP contribution in [0.5, 0.6) is 11.5 Å². The molecule has 1 aromatic carbocycles. The Morgan fingerprint density at radius 3 is 2.50 bits per heavy atom. The van der Waals surface area contributed by atoms with Gasteiger partial charge >= 0.3 is 0 Å². The van der Waals surface area contributed by atoms with Crippen molar-refractivity contribution in [1.29, 1.82) is 0 Å². The number of aromatic nitrogens is 2. The summed E-state index contributed by atoms with van der Waals surface area (Å²) in [6, 6.07) is 5.67. The average Bonchev–Trinajstić information content (AvgIpc) is 3.35. The number of methoxy groups -OCH3 is 2. The maximum atomic E-state index is 13.0. The summed E-state index contributed by atoms with van der Waals surface area (Å²) in [6.07, 6.45) is 6.63. The van der Waals surface area contributed by atoms with E-state index in [0.717, 1.165) is 72.2 Å². The van der Waals surface area contributed by atoms with E-state index in [1.165, 1.54) is 0 Å². The highest BCUT2D eigenvalue weighted by Crippen LogP contribution is 2.34. The number of thiazole rings is 1. The lowest BCUT2D eigenvalue weighted by atomic mass is 10.1. The number of hydrogen-bond donors (Lipinski definition) is 0. The fraction of sp³-hybridized carbons (Fsp3) is 0.478. The van der Waals surface area contributed by atoms with Crippen molar-refractivity contribution in [3.63, 3.8) is 0 Å². The van der Waals surface area contributed by atoms with Gasteiger partial charge in [-0.2, -0.15) is 0 Å². The van der Waals surface area contributed by atoms with Crippen LogP contribution in [0.1, 0.15) is 45.2 Å². The zero-order valence-electron chi connectivity index (χ0n) is 18.3. The molecular weight excluding hydrogens is 398 g/mol. The number of benzene rings is 1. The summed E-state index contributed by atoms with van der Waals surface area (Å²) in [6.45, 7) is 5.98. The number of unbranched alkanes of at least 4 members (excludes halogenated alkanes) is 2. The zero-order valence-corrected chi connectivity index (χ0v) is 19.1. The first-order valence-electron chi connectivity index (χ1n) is 10.6. The van der Waals surface area contributed by atoms with Crippen molar-refractivity contribution in [2.45, 2.75) is 46.0 Å². The number of hydrogen-bond acceptors (Lipinski definition) is 5. The van der Waals surface area contributed by atoms with Crippen molar-refractivity contribution >= 4 is 22.2 Å². The maximum Gasteiger partial charge on any atom is 0.228 e. The molecule has 3 aromatic rings. The van der Waals surface area contributed by atoms with E-state index < -0.39 is 0 Å². The van der Waals surface area contributed by atoms with E-state index in [9.17, 15) is 4.79 Å². The minimum Gasteiger partial charge on any atom is -0.497 e. The van der Waals surface area contributed by atoms with Crippen molar-refractivity contribution in [3.05, 3.63) is 35.5 Å². The van der Waals surface area contributed by atoms with Crippen LogP contribution in [0.4, 0.5) is 0 Å². The van der Waals surface area contributed by atoms with Gasteiger partial charge in [-0.15, -0.1) is 11.3 Å². The predicted octanol–water partition coefficient (Wildman–Crippen LogP) is 5.05. The summed E-state index contributed by atoms with van der Waals surface area (Å²) >= 11 is 1.55. The quantitative estimate of drug-likeness (QED) is 0.428. The largest absolute Gasteiger partial charge is 0.497 e. The highest BCUT2D eigenvalue weighted by atomic mass is 32.1. The van der Waals surface area contributed by atoms with Crippen LogP contribution in [0.25, 0.3) is 16.2 Å². The van der Waals surface area contributed by atoms with Crippen LogP contribution >= 0.6 is 11.3 Å². The zero-order chi connectivity index (χ0) is 21.5. The Morgan fingerprint density at radius 2 is 1.87 bits per heavy atom. The van der Waals surface area contributed by atoms with E-state index in [0.29, 0.717) is 6.42 Å². The number of amides is 1. The molecule has 30 heavy (non-hydrogen) atoms. The summed E-state index contributed by atoms with van der Waals surface area (Å²) in [5, 5.41) is 2.03. The monoisotopic (exact) mass is 429 g/mol. The highest BCUT2D eigenvalue weighted by Gasteiger charge is 2.18. The van der Waals surface area contributed by atoms with Gasteiger partial charge in [-0.25, -0.2) is 4.98 Å². The molecule has 0 bridgehead atoms. The molecule has 0 aliphatic carbocycles. The molecule has 0 saturated heterocycles. The van der Waals surface area contributed by atoms with Gasteiger partial charge in [0.05, 0.1) is 26.3 Å². The SMILES string of the molecule is CCCCN(CCCC)C(=O)Cc1csc2nc(-c3cc(OC)ccc3OC)cn12. The van der Waals surface area contributed by atoms with Crippen LogP contribution in [0, 0.1) is 0 Å². The molecule has 162 valence electrons. The standard InChI is InChI=1S/C23H31N3O3S/c1-5-7-11-25(12-8-6-2)22(27)13-17-16-30-23-24-20(15-26(17)23)19-14-18(28-3)9-10-21(19)29-4/h9-10,14-16H,5-8,11-13H2,1-4H3. The van der Waals surface area contributed by atoms with Crippen LogP contribution in [0.15, 0.2) is 29.8 Å². The summed E-state index contributed by atoms with van der Waals surface area (Å²) in [5.41, 5.74) is 2.65. The van der Waals surface area contributed by atoms with Gasteiger partial charge in [0.25, 0.3) is 0 Å². The number of carbonyl (C=O) groups excluding carboxylic acids is 1. The molecule has 0 atom stereocenters. The lowest BCUT2D eigenvalue weighted by Crippen LogP contribution is -2.34. The molecule has 0 aliphatic heterocycles. The molecule has 7 heteroatoms. The van der Waals surface area contributed by atoms with Crippen LogP contribution in [-0.2, 0) is 11.2 Å². The molecule has 0 fully saturated rings. The summed E-state index contributed by atoms with van der Waals surface area (Å²) in [5.74, 6) is 1.68. The second-order valence-corrected chi connectivity index (χ2v) is 8.17. The van der Waals surface area contributed by atoms with Crippen LogP contribution in [0.2, 0.25) is 0 Å². The van der Waals surface area contributed by atoms with E-state index in [4.69, 9.17) is 14.5 Å². The molecule has 0 N–H and O–H groups in total. The van der Waals surface area contributed by atoms with Crippen molar-refractivity contribution < 1.29 is 14.3 Å². The lowest BCUT2D eigenvalue weighted by Gasteiger charge is -2.22. The van der Waals surface area contributed by atoms with E-state index >= 15 is 0 Å². The fourth-order valence-electron chi connectivity index (χ4n) is 3.43. The van der Waals surface area contributed by atoms with Crippen molar-refractivity contribution in [2.24, 2.45) is 0 Å². The second kappa shape index (κ2) is 10.5. The third-order valence-electron chi connectivity index (χ3n) is 5.21. The number of fused-ring (bicyclic) bond motifs is 1. The molecule has 0 radical (unpaired) electrons. The summed E-state index contributed by atoms with van der Waals surface area (Å²) < 4.78 is 12.9. The lowest BCUT2D eigenvalue weighted by molar-refractivity contribution is -0.130. The topological polar surface area (TPSA) is 56.1 Å². The molecule has 6 nitrogen and oxygen atoms in total. The highest BCUT2D eigenvalue weighted by molar-refractivity contribution is 7.15. The summed E-state index contributed by atoms with van der Waals surface area (Å²) in [7, 11) is 3.29. The van der Waals surface area contributed by atoms with Crippen LogP contribution in [-0.4, -0.2) is 47.5 Å². The first-order chi connectivity index (χ1) is 14.6. The molecule has 1 amide bonds. The first-order valence-corrected chi connectivity index (χ1v) is 11.4. The van der Waals surface area contributed by atoms with Gasteiger partial charge in [0.1, 0.15) is 11.5 Å². The molecule has 2 aromatic heterocycles. The smallest absolute Gasteiger partial charge is 0.228 e. The van der Waals surface area contributed by atoms with E-state index in [-0.39, 0.29) is 5.91 Å². The number of ether oxygens (including phenoxy) is 2. The maximum absolute atomic E-state index is 13.0. The molecule has 2 heterocycles. The van der Waals surface area contributed by atoms with Gasteiger partial charge in [-0.1, -0.05) is 26.7 Å². The Hall–Kier alpha value is -2.54. The van der Waals surface area contributed by atoms with Crippen molar-refractivity contribution in [1.82, 2.24) is 14.3 Å². The van der Waals surface area contributed by atoms with Gasteiger partial charge in [-0.3, -0.25) is 9.20 Å². The Morgan fingerprint density at radius 1 is 1.13 bits per heavy atom. The van der Waals surface area contributed by atoms with Gasteiger partial charge in [0, 0.05) is 35.9 Å². The number of carbonyl (C=O) groups is 1. The molecule has 0 spiro atoms. The Bertz CT molecular complexity index is 971. The van der Waals surface area contributed by atoms with Gasteiger partial charge < -0.3 is 14.4 Å². The Kier molecular flexibility index (Phi) is 7.74. The van der Waals surface area contributed by atoms with Crippen molar-refractivity contribution in [3.8, 4) is 22.8 Å². The third-order valence-corrected chi connectivity index (χ3v) is 6.10. The molecule has 0 saturated carbocycles. The van der Waals surface area contributed by atoms with E-state index in [1.54, 1.807) is 25.6 Å².